The number of carbonyl (C=O) groups excluding carboxylic acids is 1. The van der Waals surface area contributed by atoms with Crippen molar-refractivity contribution in [2.75, 3.05) is 13.1 Å². The SMILES string of the molecule is CCN(CC)C(=O)C1CC1c1ccc(O)cc1. The zero-order chi connectivity index (χ0) is 12.4. The fraction of sp³-hybridized carbons (Fsp3) is 0.500. The maximum atomic E-state index is 12.1. The van der Waals surface area contributed by atoms with Crippen molar-refractivity contribution in [2.45, 2.75) is 26.2 Å². The third-order valence-corrected chi connectivity index (χ3v) is 3.50. The largest absolute Gasteiger partial charge is 0.508 e. The molecule has 0 saturated heterocycles. The average Bonchev–Trinajstić information content (AvgIpc) is 3.11. The molecule has 0 aliphatic heterocycles. The quantitative estimate of drug-likeness (QED) is 0.867. The van der Waals surface area contributed by atoms with Gasteiger partial charge in [0.1, 0.15) is 5.75 Å². The van der Waals surface area contributed by atoms with Crippen LogP contribution < -0.4 is 0 Å². The van der Waals surface area contributed by atoms with Crippen molar-refractivity contribution in [1.82, 2.24) is 4.90 Å². The second-order valence-electron chi connectivity index (χ2n) is 4.55. The van der Waals surface area contributed by atoms with Crippen molar-refractivity contribution in [3.8, 4) is 5.75 Å². The van der Waals surface area contributed by atoms with E-state index in [1.54, 1.807) is 12.1 Å². The first-order valence-electron chi connectivity index (χ1n) is 6.25. The Morgan fingerprint density at radius 2 is 1.88 bits per heavy atom. The molecule has 0 spiro atoms. The molecule has 1 saturated carbocycles. The molecule has 1 amide bonds. The minimum Gasteiger partial charge on any atom is -0.508 e. The minimum atomic E-state index is 0.152. The maximum absolute atomic E-state index is 12.1. The van der Waals surface area contributed by atoms with Crippen LogP contribution in [-0.4, -0.2) is 29.0 Å². The molecule has 1 aromatic rings. The number of phenolic OH excluding ortho intramolecular Hbond substituents is 1. The predicted molar refractivity (Wildman–Crippen MR) is 66.9 cm³/mol. The van der Waals surface area contributed by atoms with E-state index in [-0.39, 0.29) is 17.6 Å². The molecule has 2 rings (SSSR count). The molecule has 3 nitrogen and oxygen atoms in total. The highest BCUT2D eigenvalue weighted by molar-refractivity contribution is 5.83. The van der Waals surface area contributed by atoms with Gasteiger partial charge in [-0.25, -0.2) is 0 Å². The van der Waals surface area contributed by atoms with Crippen molar-refractivity contribution < 1.29 is 9.90 Å². The van der Waals surface area contributed by atoms with Gasteiger partial charge in [-0.3, -0.25) is 4.79 Å². The van der Waals surface area contributed by atoms with Crippen LogP contribution in [0, 0.1) is 5.92 Å². The molecular formula is C14H19NO2. The highest BCUT2D eigenvalue weighted by Crippen LogP contribution is 2.48. The highest BCUT2D eigenvalue weighted by atomic mass is 16.3. The van der Waals surface area contributed by atoms with Crippen LogP contribution in [0.2, 0.25) is 0 Å². The molecule has 1 aliphatic carbocycles. The topological polar surface area (TPSA) is 40.5 Å². The molecule has 17 heavy (non-hydrogen) atoms. The van der Waals surface area contributed by atoms with Gasteiger partial charge in [0.15, 0.2) is 0 Å². The van der Waals surface area contributed by atoms with Crippen molar-refractivity contribution in [3.63, 3.8) is 0 Å². The summed E-state index contributed by atoms with van der Waals surface area (Å²) in [7, 11) is 0. The van der Waals surface area contributed by atoms with Crippen LogP contribution in [0.3, 0.4) is 0 Å². The Bertz CT molecular complexity index is 395. The predicted octanol–water partition coefficient (Wildman–Crippen LogP) is 2.36. The number of phenols is 1. The van der Waals surface area contributed by atoms with E-state index in [9.17, 15) is 9.90 Å². The molecule has 92 valence electrons. The standard InChI is InChI=1S/C14H19NO2/c1-3-15(4-2)14(17)13-9-12(13)10-5-7-11(16)8-6-10/h5-8,12-13,16H,3-4,9H2,1-2H3. The Balaban J connectivity index is 2.00. The number of hydrogen-bond donors (Lipinski definition) is 1. The number of carbonyl (C=O) groups is 1. The number of aromatic hydroxyl groups is 1. The highest BCUT2D eigenvalue weighted by Gasteiger charge is 2.45. The summed E-state index contributed by atoms with van der Waals surface area (Å²) in [6.07, 6.45) is 0.945. The van der Waals surface area contributed by atoms with Gasteiger partial charge in [-0.1, -0.05) is 12.1 Å². The van der Waals surface area contributed by atoms with E-state index in [2.05, 4.69) is 0 Å². The Hall–Kier alpha value is -1.51. The molecule has 1 aromatic carbocycles. The molecule has 0 aromatic heterocycles. The van der Waals surface area contributed by atoms with Crippen molar-refractivity contribution in [1.29, 1.82) is 0 Å². The van der Waals surface area contributed by atoms with E-state index in [0.717, 1.165) is 25.1 Å². The van der Waals surface area contributed by atoms with Gasteiger partial charge in [0.05, 0.1) is 0 Å². The van der Waals surface area contributed by atoms with Gasteiger partial charge in [0.2, 0.25) is 5.91 Å². The lowest BCUT2D eigenvalue weighted by molar-refractivity contribution is -0.132. The van der Waals surface area contributed by atoms with E-state index >= 15 is 0 Å². The summed E-state index contributed by atoms with van der Waals surface area (Å²) in [5.41, 5.74) is 1.16. The van der Waals surface area contributed by atoms with Crippen LogP contribution in [0.4, 0.5) is 0 Å². The Morgan fingerprint density at radius 1 is 1.29 bits per heavy atom. The maximum Gasteiger partial charge on any atom is 0.226 e. The smallest absolute Gasteiger partial charge is 0.226 e. The third kappa shape index (κ3) is 2.43. The van der Waals surface area contributed by atoms with Crippen LogP contribution in [0.15, 0.2) is 24.3 Å². The number of benzene rings is 1. The number of nitrogens with zero attached hydrogens (tertiary/aromatic N) is 1. The summed E-state index contributed by atoms with van der Waals surface area (Å²) in [5.74, 6) is 1.05. The first kappa shape index (κ1) is 12.0. The summed E-state index contributed by atoms with van der Waals surface area (Å²) >= 11 is 0. The van der Waals surface area contributed by atoms with Crippen molar-refractivity contribution in [3.05, 3.63) is 29.8 Å². The second kappa shape index (κ2) is 4.78. The lowest BCUT2D eigenvalue weighted by Gasteiger charge is -2.18. The Labute approximate surface area is 102 Å². The van der Waals surface area contributed by atoms with Gasteiger partial charge in [-0.15, -0.1) is 0 Å². The molecule has 1 N–H and O–H groups in total. The normalized spacial score (nSPS) is 22.2. The van der Waals surface area contributed by atoms with Gasteiger partial charge in [0, 0.05) is 19.0 Å². The Morgan fingerprint density at radius 3 is 2.41 bits per heavy atom. The van der Waals surface area contributed by atoms with E-state index in [4.69, 9.17) is 0 Å². The van der Waals surface area contributed by atoms with Gasteiger partial charge in [-0.2, -0.15) is 0 Å². The number of hydrogen-bond acceptors (Lipinski definition) is 2. The molecule has 0 bridgehead atoms. The summed E-state index contributed by atoms with van der Waals surface area (Å²) in [6.45, 7) is 5.60. The third-order valence-electron chi connectivity index (χ3n) is 3.50. The lowest BCUT2D eigenvalue weighted by atomic mass is 10.1. The van der Waals surface area contributed by atoms with Crippen molar-refractivity contribution >= 4 is 5.91 Å². The van der Waals surface area contributed by atoms with Gasteiger partial charge in [-0.05, 0) is 43.9 Å². The monoisotopic (exact) mass is 233 g/mol. The molecule has 1 aliphatic rings. The molecular weight excluding hydrogens is 214 g/mol. The zero-order valence-corrected chi connectivity index (χ0v) is 10.4. The first-order chi connectivity index (χ1) is 8.17. The molecule has 0 radical (unpaired) electrons. The number of amides is 1. The van der Waals surface area contributed by atoms with Crippen LogP contribution >= 0.6 is 0 Å². The minimum absolute atomic E-state index is 0.152. The van der Waals surface area contributed by atoms with Gasteiger partial charge < -0.3 is 10.0 Å². The molecule has 3 heteroatoms. The van der Waals surface area contributed by atoms with E-state index in [1.807, 2.05) is 30.9 Å². The molecule has 2 atom stereocenters. The fourth-order valence-corrected chi connectivity index (χ4v) is 2.33. The van der Waals surface area contributed by atoms with E-state index in [1.165, 1.54) is 0 Å². The zero-order valence-electron chi connectivity index (χ0n) is 10.4. The van der Waals surface area contributed by atoms with Gasteiger partial charge in [0.25, 0.3) is 0 Å². The van der Waals surface area contributed by atoms with Crippen LogP contribution in [0.5, 0.6) is 5.75 Å². The first-order valence-corrected chi connectivity index (χ1v) is 6.25. The molecule has 2 unspecified atom stereocenters. The van der Waals surface area contributed by atoms with Crippen molar-refractivity contribution in [2.24, 2.45) is 5.92 Å². The summed E-state index contributed by atoms with van der Waals surface area (Å²) in [5, 5.41) is 9.22. The fourth-order valence-electron chi connectivity index (χ4n) is 2.33. The summed E-state index contributed by atoms with van der Waals surface area (Å²) in [4.78, 5) is 14.0. The van der Waals surface area contributed by atoms with Crippen LogP contribution in [-0.2, 0) is 4.79 Å². The summed E-state index contributed by atoms with van der Waals surface area (Å²) in [6, 6.07) is 7.20. The average molecular weight is 233 g/mol. The number of rotatable bonds is 4. The Kier molecular flexibility index (Phi) is 3.36. The van der Waals surface area contributed by atoms with Crippen LogP contribution in [0.1, 0.15) is 31.7 Å². The van der Waals surface area contributed by atoms with Crippen LogP contribution in [0.25, 0.3) is 0 Å². The van der Waals surface area contributed by atoms with E-state index in [0.29, 0.717) is 5.92 Å². The second-order valence-corrected chi connectivity index (χ2v) is 4.55. The molecule has 1 fully saturated rings. The lowest BCUT2D eigenvalue weighted by Crippen LogP contribution is -2.32. The van der Waals surface area contributed by atoms with E-state index < -0.39 is 0 Å². The summed E-state index contributed by atoms with van der Waals surface area (Å²) < 4.78 is 0. The molecule has 0 heterocycles. The van der Waals surface area contributed by atoms with Gasteiger partial charge >= 0.3 is 0 Å².